The topological polar surface area (TPSA) is 71.7 Å². The molecule has 1 unspecified atom stereocenters. The Hall–Kier alpha value is -2.50. The van der Waals surface area contributed by atoms with Crippen molar-refractivity contribution in [3.8, 4) is 11.5 Å². The zero-order valence-electron chi connectivity index (χ0n) is 20.1. The molecule has 0 aliphatic heterocycles. The van der Waals surface area contributed by atoms with E-state index in [4.69, 9.17) is 9.98 Å². The first-order valence-electron chi connectivity index (χ1n) is 11.6. The second-order valence-electron chi connectivity index (χ2n) is 8.49. The summed E-state index contributed by atoms with van der Waals surface area (Å²) in [5.41, 5.74) is 3.41. The van der Waals surface area contributed by atoms with Gasteiger partial charge in [-0.2, -0.15) is 0 Å². The predicted octanol–water partition coefficient (Wildman–Crippen LogP) is 4.86. The Morgan fingerprint density at radius 1 is 0.788 bits per heavy atom. The van der Waals surface area contributed by atoms with E-state index in [2.05, 4.69) is 23.6 Å². The molecule has 1 fully saturated rings. The number of nitrogens with zero attached hydrogens (tertiary/aromatic N) is 4. The molecule has 0 spiro atoms. The van der Waals surface area contributed by atoms with Gasteiger partial charge in [0, 0.05) is 91.3 Å². The van der Waals surface area contributed by atoms with Crippen molar-refractivity contribution in [2.45, 2.75) is 51.6 Å². The van der Waals surface area contributed by atoms with E-state index in [9.17, 15) is 10.2 Å². The molecule has 0 heterocycles. The number of aliphatic imine (C=N–C) groups is 2. The SMILES string of the molecule is CCN(C)c1ccc(C=NC2CCCC[C@@H]2N=Cc2ccc(N(C)CC)cc2O)c(O)c1.[Mn]. The van der Waals surface area contributed by atoms with Crippen molar-refractivity contribution in [3.63, 3.8) is 0 Å². The van der Waals surface area contributed by atoms with Crippen LogP contribution in [0.25, 0.3) is 0 Å². The van der Waals surface area contributed by atoms with Gasteiger partial charge in [0.2, 0.25) is 0 Å². The van der Waals surface area contributed by atoms with Crippen LogP contribution in [0, 0.1) is 0 Å². The molecule has 2 aromatic rings. The van der Waals surface area contributed by atoms with Gasteiger partial charge in [0.15, 0.2) is 0 Å². The average Bonchev–Trinajstić information content (AvgIpc) is 2.81. The standard InChI is InChI=1S/C26H36N4O2.Mn/c1-5-29(3)21-13-11-19(25(31)15-21)17-27-23-9-7-8-10-24(23)28-18-20-12-14-22(16-26(20)32)30(4)6-2;/h11-18,23-24,31-32H,5-10H2,1-4H3;/t23-,24?;/m0./s1. The minimum Gasteiger partial charge on any atom is -0.507 e. The summed E-state index contributed by atoms with van der Waals surface area (Å²) >= 11 is 0. The predicted molar refractivity (Wildman–Crippen MR) is 135 cm³/mol. The molecule has 179 valence electrons. The van der Waals surface area contributed by atoms with Crippen molar-refractivity contribution in [1.82, 2.24) is 0 Å². The Bertz CT molecular complexity index is 886. The van der Waals surface area contributed by atoms with Gasteiger partial charge in [-0.1, -0.05) is 12.8 Å². The Morgan fingerprint density at radius 2 is 1.18 bits per heavy atom. The molecule has 2 atom stereocenters. The number of anilines is 2. The first kappa shape index (κ1) is 26.7. The molecule has 1 radical (unpaired) electrons. The van der Waals surface area contributed by atoms with E-state index in [0.717, 1.165) is 61.3 Å². The first-order chi connectivity index (χ1) is 15.4. The molecule has 0 bridgehead atoms. The second kappa shape index (κ2) is 12.7. The first-order valence-corrected chi connectivity index (χ1v) is 11.6. The molecular weight excluding hydrogens is 455 g/mol. The molecule has 1 aliphatic carbocycles. The van der Waals surface area contributed by atoms with Gasteiger partial charge >= 0.3 is 0 Å². The van der Waals surface area contributed by atoms with Crippen molar-refractivity contribution < 1.29 is 27.3 Å². The van der Waals surface area contributed by atoms with Crippen LogP contribution in [-0.4, -0.2) is 61.9 Å². The summed E-state index contributed by atoms with van der Waals surface area (Å²) < 4.78 is 0. The van der Waals surface area contributed by atoms with E-state index >= 15 is 0 Å². The zero-order chi connectivity index (χ0) is 23.1. The number of phenolic OH excluding ortho intramolecular Hbond substituents is 2. The molecule has 6 nitrogen and oxygen atoms in total. The van der Waals surface area contributed by atoms with Crippen LogP contribution in [0.1, 0.15) is 50.7 Å². The van der Waals surface area contributed by atoms with E-state index in [-0.39, 0.29) is 40.7 Å². The molecular formula is C26H36MnN4O2. The van der Waals surface area contributed by atoms with Crippen LogP contribution >= 0.6 is 0 Å². The number of hydrogen-bond donors (Lipinski definition) is 2. The van der Waals surface area contributed by atoms with Crippen molar-refractivity contribution in [2.75, 3.05) is 37.0 Å². The van der Waals surface area contributed by atoms with Crippen LogP contribution in [0.2, 0.25) is 0 Å². The fourth-order valence-electron chi connectivity index (χ4n) is 3.91. The minimum absolute atomic E-state index is 0. The van der Waals surface area contributed by atoms with Gasteiger partial charge in [-0.3, -0.25) is 9.98 Å². The maximum atomic E-state index is 10.4. The summed E-state index contributed by atoms with van der Waals surface area (Å²) in [6, 6.07) is 11.5. The van der Waals surface area contributed by atoms with Crippen molar-refractivity contribution in [3.05, 3.63) is 47.5 Å². The summed E-state index contributed by atoms with van der Waals surface area (Å²) in [7, 11) is 4.00. The van der Waals surface area contributed by atoms with Gasteiger partial charge in [0.1, 0.15) is 11.5 Å². The Balaban J connectivity index is 0.00000385. The number of aromatic hydroxyl groups is 2. The largest absolute Gasteiger partial charge is 0.507 e. The van der Waals surface area contributed by atoms with Crippen LogP contribution < -0.4 is 9.80 Å². The van der Waals surface area contributed by atoms with E-state index in [1.165, 1.54) is 0 Å². The zero-order valence-corrected chi connectivity index (χ0v) is 21.3. The van der Waals surface area contributed by atoms with E-state index in [0.29, 0.717) is 0 Å². The summed E-state index contributed by atoms with van der Waals surface area (Å²) in [6.07, 6.45) is 7.75. The van der Waals surface area contributed by atoms with Crippen LogP contribution in [0.15, 0.2) is 46.4 Å². The Morgan fingerprint density at radius 3 is 1.52 bits per heavy atom. The fraction of sp³-hybridized carbons (Fsp3) is 0.462. The van der Waals surface area contributed by atoms with E-state index in [1.807, 2.05) is 38.4 Å². The van der Waals surface area contributed by atoms with Gasteiger partial charge < -0.3 is 20.0 Å². The quantitative estimate of drug-likeness (QED) is 0.409. The van der Waals surface area contributed by atoms with Crippen molar-refractivity contribution in [1.29, 1.82) is 0 Å². The Kier molecular flexibility index (Phi) is 10.3. The number of hydrogen-bond acceptors (Lipinski definition) is 6. The molecule has 1 saturated carbocycles. The van der Waals surface area contributed by atoms with Crippen LogP contribution in [-0.2, 0) is 17.1 Å². The number of benzene rings is 2. The fourth-order valence-corrected chi connectivity index (χ4v) is 3.91. The smallest absolute Gasteiger partial charge is 0.126 e. The van der Waals surface area contributed by atoms with Gasteiger partial charge in [0.05, 0.1) is 12.1 Å². The van der Waals surface area contributed by atoms with Gasteiger partial charge in [-0.25, -0.2) is 0 Å². The minimum atomic E-state index is 0. The van der Waals surface area contributed by atoms with E-state index < -0.39 is 0 Å². The molecule has 3 rings (SSSR count). The summed E-state index contributed by atoms with van der Waals surface area (Å²) in [5, 5.41) is 20.8. The maximum Gasteiger partial charge on any atom is 0.126 e. The third kappa shape index (κ3) is 6.99. The normalized spacial score (nSPS) is 18.4. The number of phenols is 2. The van der Waals surface area contributed by atoms with Gasteiger partial charge in [-0.15, -0.1) is 0 Å². The van der Waals surface area contributed by atoms with E-state index in [1.54, 1.807) is 24.6 Å². The molecule has 0 saturated heterocycles. The molecule has 0 aromatic heterocycles. The molecule has 1 aliphatic rings. The monoisotopic (exact) mass is 491 g/mol. The van der Waals surface area contributed by atoms with Gasteiger partial charge in [0.25, 0.3) is 0 Å². The van der Waals surface area contributed by atoms with Crippen molar-refractivity contribution in [2.24, 2.45) is 9.98 Å². The molecule has 0 amide bonds. The molecule has 2 aromatic carbocycles. The number of rotatable bonds is 8. The summed E-state index contributed by atoms with van der Waals surface area (Å²) in [5.74, 6) is 0.481. The van der Waals surface area contributed by atoms with Crippen LogP contribution in [0.3, 0.4) is 0 Å². The van der Waals surface area contributed by atoms with Gasteiger partial charge in [-0.05, 0) is 51.0 Å². The second-order valence-corrected chi connectivity index (χ2v) is 8.49. The third-order valence-electron chi connectivity index (χ3n) is 6.36. The molecule has 33 heavy (non-hydrogen) atoms. The molecule has 2 N–H and O–H groups in total. The Labute approximate surface area is 208 Å². The van der Waals surface area contributed by atoms with Crippen LogP contribution in [0.4, 0.5) is 11.4 Å². The van der Waals surface area contributed by atoms with Crippen molar-refractivity contribution >= 4 is 23.8 Å². The van der Waals surface area contributed by atoms with Crippen LogP contribution in [0.5, 0.6) is 11.5 Å². The summed E-state index contributed by atoms with van der Waals surface area (Å²) in [4.78, 5) is 13.7. The third-order valence-corrected chi connectivity index (χ3v) is 6.36. The summed E-state index contributed by atoms with van der Waals surface area (Å²) in [6.45, 7) is 5.91. The molecule has 7 heteroatoms. The maximum absolute atomic E-state index is 10.4. The average molecular weight is 492 g/mol.